The molecule has 0 saturated carbocycles. The number of carbonyl (C=O) groups excluding carboxylic acids is 2. The molecule has 1 fully saturated rings. The molecule has 1 saturated heterocycles. The van der Waals surface area contributed by atoms with E-state index >= 15 is 0 Å². The number of hydrogen-bond donors (Lipinski definition) is 0. The van der Waals surface area contributed by atoms with Gasteiger partial charge >= 0.3 is 0 Å². The number of rotatable bonds is 6. The molecule has 0 atom stereocenters. The lowest BCUT2D eigenvalue weighted by Gasteiger charge is -2.34. The molecule has 0 N–H and O–H groups in total. The molecule has 7 heteroatoms. The average molecular weight is 429 g/mol. The fourth-order valence-corrected chi connectivity index (χ4v) is 3.86. The molecule has 0 radical (unpaired) electrons. The van der Waals surface area contributed by atoms with Crippen molar-refractivity contribution in [1.29, 1.82) is 0 Å². The summed E-state index contributed by atoms with van der Waals surface area (Å²) in [7, 11) is 3.48. The van der Waals surface area contributed by atoms with Crippen molar-refractivity contribution in [3.05, 3.63) is 58.7 Å². The van der Waals surface area contributed by atoms with Crippen molar-refractivity contribution in [1.82, 2.24) is 14.8 Å². The van der Waals surface area contributed by atoms with E-state index < -0.39 is 0 Å². The summed E-state index contributed by atoms with van der Waals surface area (Å²) in [5.74, 6) is 1.12. The molecule has 2 heterocycles. The topological polar surface area (TPSA) is 56.8 Å². The Morgan fingerprint density at radius 3 is 2.30 bits per heavy atom. The fourth-order valence-electron chi connectivity index (χ4n) is 3.75. The molecule has 0 spiro atoms. The molecule has 160 valence electrons. The van der Waals surface area contributed by atoms with Gasteiger partial charge in [-0.25, -0.2) is 4.98 Å². The van der Waals surface area contributed by atoms with Gasteiger partial charge in [-0.1, -0.05) is 23.7 Å². The van der Waals surface area contributed by atoms with E-state index in [1.165, 1.54) is 0 Å². The summed E-state index contributed by atoms with van der Waals surface area (Å²) in [5, 5.41) is 0.626. The number of benzene rings is 1. The Hall–Kier alpha value is -2.60. The Morgan fingerprint density at radius 2 is 1.77 bits per heavy atom. The van der Waals surface area contributed by atoms with Crippen LogP contribution in [0.4, 0.5) is 5.82 Å². The molecular weight excluding hydrogens is 400 g/mol. The number of pyridine rings is 1. The summed E-state index contributed by atoms with van der Waals surface area (Å²) < 4.78 is 0. The van der Waals surface area contributed by atoms with Gasteiger partial charge in [-0.15, -0.1) is 0 Å². The molecule has 2 amide bonds. The van der Waals surface area contributed by atoms with Gasteiger partial charge in [0.1, 0.15) is 5.82 Å². The van der Waals surface area contributed by atoms with Crippen LogP contribution in [0.3, 0.4) is 0 Å². The number of halogens is 1. The van der Waals surface area contributed by atoms with Gasteiger partial charge in [0, 0.05) is 58.0 Å². The molecule has 6 nitrogen and oxygen atoms in total. The van der Waals surface area contributed by atoms with Crippen molar-refractivity contribution < 1.29 is 9.59 Å². The zero-order valence-electron chi connectivity index (χ0n) is 17.8. The molecule has 1 aromatic heterocycles. The third kappa shape index (κ3) is 5.30. The second-order valence-electron chi connectivity index (χ2n) is 7.84. The van der Waals surface area contributed by atoms with E-state index in [9.17, 15) is 9.59 Å². The van der Waals surface area contributed by atoms with Gasteiger partial charge in [-0.2, -0.15) is 0 Å². The number of aromatic nitrogens is 1. The second kappa shape index (κ2) is 9.94. The standard InChI is InChI=1S/C23H29ClN4O2/c1-4-27(16-17-5-7-18(8-6-17)22(29)26(2)3)23(30)19-11-13-28(14-12-19)21-10-9-20(24)15-25-21/h5-10,15,19H,4,11-14,16H2,1-3H3. The monoisotopic (exact) mass is 428 g/mol. The number of piperidine rings is 1. The van der Waals surface area contributed by atoms with Gasteiger partial charge in [0.25, 0.3) is 5.91 Å². The number of amides is 2. The van der Waals surface area contributed by atoms with E-state index in [-0.39, 0.29) is 17.7 Å². The maximum atomic E-state index is 13.1. The van der Waals surface area contributed by atoms with Crippen LogP contribution in [0.5, 0.6) is 0 Å². The first-order valence-electron chi connectivity index (χ1n) is 10.3. The van der Waals surface area contributed by atoms with E-state index in [4.69, 9.17) is 11.6 Å². The van der Waals surface area contributed by atoms with Crippen LogP contribution in [0, 0.1) is 5.92 Å². The quantitative estimate of drug-likeness (QED) is 0.703. The maximum Gasteiger partial charge on any atom is 0.253 e. The molecule has 30 heavy (non-hydrogen) atoms. The zero-order chi connectivity index (χ0) is 21.7. The minimum Gasteiger partial charge on any atom is -0.357 e. The van der Waals surface area contributed by atoms with Crippen molar-refractivity contribution in [3.63, 3.8) is 0 Å². The molecule has 2 aromatic rings. The van der Waals surface area contributed by atoms with Gasteiger partial charge in [0.05, 0.1) is 5.02 Å². The molecule has 1 aliphatic rings. The summed E-state index contributed by atoms with van der Waals surface area (Å²) in [6, 6.07) is 11.3. The molecule has 0 bridgehead atoms. The van der Waals surface area contributed by atoms with Crippen molar-refractivity contribution >= 4 is 29.2 Å². The Morgan fingerprint density at radius 1 is 1.10 bits per heavy atom. The predicted octanol–water partition coefficient (Wildman–Crippen LogP) is 3.70. The lowest BCUT2D eigenvalue weighted by molar-refractivity contribution is -0.136. The fraction of sp³-hybridized carbons (Fsp3) is 0.435. The molecule has 1 aromatic carbocycles. The van der Waals surface area contributed by atoms with E-state index in [1.807, 2.05) is 48.2 Å². The van der Waals surface area contributed by atoms with E-state index in [2.05, 4.69) is 9.88 Å². The third-order valence-corrected chi connectivity index (χ3v) is 5.78. The molecule has 0 unspecified atom stereocenters. The number of anilines is 1. The first kappa shape index (κ1) is 22.1. The van der Waals surface area contributed by atoms with Crippen molar-refractivity contribution in [2.75, 3.05) is 38.6 Å². The van der Waals surface area contributed by atoms with Crippen LogP contribution in [-0.4, -0.2) is 60.3 Å². The van der Waals surface area contributed by atoms with Crippen molar-refractivity contribution in [2.45, 2.75) is 26.3 Å². The van der Waals surface area contributed by atoms with Gasteiger partial charge in [-0.3, -0.25) is 9.59 Å². The first-order chi connectivity index (χ1) is 14.4. The highest BCUT2D eigenvalue weighted by Gasteiger charge is 2.28. The van der Waals surface area contributed by atoms with Gasteiger partial charge in [0.2, 0.25) is 5.91 Å². The summed E-state index contributed by atoms with van der Waals surface area (Å²) in [6.07, 6.45) is 3.29. The maximum absolute atomic E-state index is 13.1. The molecule has 3 rings (SSSR count). The normalized spacial score (nSPS) is 14.5. The Kier molecular flexibility index (Phi) is 7.32. The summed E-state index contributed by atoms with van der Waals surface area (Å²) in [5.41, 5.74) is 1.68. The van der Waals surface area contributed by atoms with Crippen LogP contribution in [0.15, 0.2) is 42.6 Å². The molecular formula is C23H29ClN4O2. The lowest BCUT2D eigenvalue weighted by Crippen LogP contribution is -2.42. The van der Waals surface area contributed by atoms with Crippen molar-refractivity contribution in [3.8, 4) is 0 Å². The summed E-state index contributed by atoms with van der Waals surface area (Å²) >= 11 is 5.92. The first-order valence-corrected chi connectivity index (χ1v) is 10.7. The lowest BCUT2D eigenvalue weighted by atomic mass is 9.95. The van der Waals surface area contributed by atoms with Gasteiger partial charge < -0.3 is 14.7 Å². The van der Waals surface area contributed by atoms with Crippen LogP contribution >= 0.6 is 11.6 Å². The van der Waals surface area contributed by atoms with Crippen molar-refractivity contribution in [2.24, 2.45) is 5.92 Å². The highest BCUT2D eigenvalue weighted by molar-refractivity contribution is 6.30. The molecule has 1 aliphatic heterocycles. The summed E-state index contributed by atoms with van der Waals surface area (Å²) in [6.45, 7) is 4.85. The van der Waals surface area contributed by atoms with E-state index in [0.717, 1.165) is 37.3 Å². The van der Waals surface area contributed by atoms with Crippen LogP contribution < -0.4 is 4.90 Å². The molecule has 0 aliphatic carbocycles. The minimum atomic E-state index is -0.0214. The van der Waals surface area contributed by atoms with Crippen LogP contribution in [0.25, 0.3) is 0 Å². The van der Waals surface area contributed by atoms with Crippen LogP contribution in [-0.2, 0) is 11.3 Å². The van der Waals surface area contributed by atoms with Crippen LogP contribution in [0.2, 0.25) is 5.02 Å². The highest BCUT2D eigenvalue weighted by Crippen LogP contribution is 2.25. The number of hydrogen-bond acceptors (Lipinski definition) is 4. The smallest absolute Gasteiger partial charge is 0.253 e. The van der Waals surface area contributed by atoms with E-state index in [1.54, 1.807) is 25.2 Å². The Balaban J connectivity index is 1.57. The van der Waals surface area contributed by atoms with Crippen LogP contribution in [0.1, 0.15) is 35.7 Å². The van der Waals surface area contributed by atoms with E-state index in [0.29, 0.717) is 23.7 Å². The second-order valence-corrected chi connectivity index (χ2v) is 8.28. The van der Waals surface area contributed by atoms with Gasteiger partial charge in [0.15, 0.2) is 0 Å². The Labute approximate surface area is 183 Å². The SMILES string of the molecule is CCN(Cc1ccc(C(=O)N(C)C)cc1)C(=O)C1CCN(c2ccc(Cl)cn2)CC1. The Bertz CT molecular complexity index is 860. The number of nitrogens with zero attached hydrogens (tertiary/aromatic N) is 4. The largest absolute Gasteiger partial charge is 0.357 e. The third-order valence-electron chi connectivity index (χ3n) is 5.55. The number of carbonyl (C=O) groups is 2. The highest BCUT2D eigenvalue weighted by atomic mass is 35.5. The average Bonchev–Trinajstić information content (AvgIpc) is 2.77. The van der Waals surface area contributed by atoms with Gasteiger partial charge in [-0.05, 0) is 49.6 Å². The predicted molar refractivity (Wildman–Crippen MR) is 120 cm³/mol. The zero-order valence-corrected chi connectivity index (χ0v) is 18.6. The minimum absolute atomic E-state index is 0.0214. The summed E-state index contributed by atoms with van der Waals surface area (Å²) in [4.78, 5) is 35.2.